The molecular weight excluding hydrogens is 261 g/mol. The Hall–Kier alpha value is -1.43. The van der Waals surface area contributed by atoms with Gasteiger partial charge in [0.05, 0.1) is 6.42 Å². The Morgan fingerprint density at radius 3 is 2.29 bits per heavy atom. The molecule has 0 aromatic heterocycles. The number of rotatable bonds is 4. The minimum absolute atomic E-state index is 0.0852. The summed E-state index contributed by atoms with van der Waals surface area (Å²) in [5.41, 5.74) is 0. The minimum Gasteiger partial charge on any atom is -0.481 e. The first kappa shape index (κ1) is 13.6. The van der Waals surface area contributed by atoms with Gasteiger partial charge in [0.2, 0.25) is 6.10 Å². The number of carboxylic acids is 1. The topological polar surface area (TPSA) is 46.5 Å². The second-order valence-electron chi connectivity index (χ2n) is 3.20. The van der Waals surface area contributed by atoms with Gasteiger partial charge in [-0.15, -0.1) is 0 Å². The van der Waals surface area contributed by atoms with Crippen LogP contribution in [0.25, 0.3) is 0 Å². The standard InChI is InChI=1S/C10H8ClF3O3/c11-6-1-3-7(4-2-6)17-8(5-9(15)16)10(12,13)14/h1-4,8H,5H2,(H,15,16). The van der Waals surface area contributed by atoms with Crippen molar-refractivity contribution >= 4 is 17.6 Å². The van der Waals surface area contributed by atoms with Crippen molar-refractivity contribution < 1.29 is 27.8 Å². The van der Waals surface area contributed by atoms with Crippen molar-refractivity contribution in [2.24, 2.45) is 0 Å². The zero-order chi connectivity index (χ0) is 13.1. The number of aliphatic carboxylic acids is 1. The average molecular weight is 269 g/mol. The molecule has 0 saturated carbocycles. The highest BCUT2D eigenvalue weighted by Crippen LogP contribution is 2.28. The monoisotopic (exact) mass is 268 g/mol. The molecule has 0 heterocycles. The molecule has 94 valence electrons. The SMILES string of the molecule is O=C(O)CC(Oc1ccc(Cl)cc1)C(F)(F)F. The number of carboxylic acid groups (broad SMARTS) is 1. The first-order chi connectivity index (χ1) is 7.79. The fourth-order valence-electron chi connectivity index (χ4n) is 1.06. The van der Waals surface area contributed by atoms with E-state index in [1.807, 2.05) is 0 Å². The van der Waals surface area contributed by atoms with Gasteiger partial charge >= 0.3 is 12.1 Å². The van der Waals surface area contributed by atoms with Gasteiger partial charge in [-0.1, -0.05) is 11.6 Å². The van der Waals surface area contributed by atoms with Crippen LogP contribution < -0.4 is 4.74 Å². The summed E-state index contributed by atoms with van der Waals surface area (Å²) in [6.45, 7) is 0. The van der Waals surface area contributed by atoms with E-state index in [1.54, 1.807) is 0 Å². The maximum absolute atomic E-state index is 12.4. The summed E-state index contributed by atoms with van der Waals surface area (Å²) in [5.74, 6) is -1.67. The summed E-state index contributed by atoms with van der Waals surface area (Å²) < 4.78 is 41.9. The summed E-state index contributed by atoms with van der Waals surface area (Å²) in [4.78, 5) is 10.3. The van der Waals surface area contributed by atoms with Crippen LogP contribution in [0.15, 0.2) is 24.3 Å². The quantitative estimate of drug-likeness (QED) is 0.912. The molecule has 0 radical (unpaired) electrons. The predicted octanol–water partition coefficient (Wildman–Crippen LogP) is 3.12. The highest BCUT2D eigenvalue weighted by Gasteiger charge is 2.43. The summed E-state index contributed by atoms with van der Waals surface area (Å²) in [5, 5.41) is 8.71. The second-order valence-corrected chi connectivity index (χ2v) is 3.64. The van der Waals surface area contributed by atoms with Crippen molar-refractivity contribution in [2.75, 3.05) is 0 Å². The van der Waals surface area contributed by atoms with Crippen LogP contribution in [-0.4, -0.2) is 23.4 Å². The van der Waals surface area contributed by atoms with E-state index in [9.17, 15) is 18.0 Å². The molecule has 1 rings (SSSR count). The van der Waals surface area contributed by atoms with E-state index in [4.69, 9.17) is 16.7 Å². The van der Waals surface area contributed by atoms with Crippen molar-refractivity contribution in [3.63, 3.8) is 0 Å². The van der Waals surface area contributed by atoms with E-state index < -0.39 is 24.7 Å². The molecule has 1 aromatic rings. The molecule has 0 aliphatic carbocycles. The summed E-state index contributed by atoms with van der Waals surface area (Å²) in [6.07, 6.45) is -8.26. The van der Waals surface area contributed by atoms with E-state index in [-0.39, 0.29) is 5.75 Å². The van der Waals surface area contributed by atoms with Gasteiger partial charge in [0.15, 0.2) is 0 Å². The Kier molecular flexibility index (Phi) is 4.22. The highest BCUT2D eigenvalue weighted by molar-refractivity contribution is 6.30. The first-order valence-corrected chi connectivity index (χ1v) is 4.87. The van der Waals surface area contributed by atoms with Gasteiger partial charge in [-0.05, 0) is 24.3 Å². The molecule has 0 saturated heterocycles. The molecule has 17 heavy (non-hydrogen) atoms. The number of hydrogen-bond acceptors (Lipinski definition) is 2. The Bertz CT molecular complexity index is 389. The van der Waals surface area contributed by atoms with Crippen molar-refractivity contribution in [1.29, 1.82) is 0 Å². The van der Waals surface area contributed by atoms with Crippen molar-refractivity contribution in [1.82, 2.24) is 0 Å². The Morgan fingerprint density at radius 1 is 1.35 bits per heavy atom. The number of halogens is 4. The van der Waals surface area contributed by atoms with E-state index in [0.29, 0.717) is 5.02 Å². The molecular formula is C10H8ClF3O3. The molecule has 0 spiro atoms. The van der Waals surface area contributed by atoms with Gasteiger partial charge in [-0.25, -0.2) is 0 Å². The van der Waals surface area contributed by atoms with Gasteiger partial charge in [0.1, 0.15) is 5.75 Å². The van der Waals surface area contributed by atoms with Crippen molar-refractivity contribution in [3.05, 3.63) is 29.3 Å². The van der Waals surface area contributed by atoms with Gasteiger partial charge in [-0.2, -0.15) is 13.2 Å². The van der Waals surface area contributed by atoms with Crippen LogP contribution in [0.5, 0.6) is 5.75 Å². The van der Waals surface area contributed by atoms with Gasteiger partial charge in [-0.3, -0.25) is 4.79 Å². The minimum atomic E-state index is -4.74. The lowest BCUT2D eigenvalue weighted by Gasteiger charge is -2.20. The Morgan fingerprint density at radius 2 is 1.88 bits per heavy atom. The maximum Gasteiger partial charge on any atom is 0.425 e. The third-order valence-corrected chi connectivity index (χ3v) is 2.07. The van der Waals surface area contributed by atoms with Crippen LogP contribution in [0.3, 0.4) is 0 Å². The smallest absolute Gasteiger partial charge is 0.425 e. The summed E-state index contributed by atoms with van der Waals surface area (Å²) in [7, 11) is 0. The zero-order valence-electron chi connectivity index (χ0n) is 8.37. The Labute approximate surface area is 99.8 Å². The second kappa shape index (κ2) is 5.27. The molecule has 0 bridgehead atoms. The van der Waals surface area contributed by atoms with Crippen LogP contribution in [0.2, 0.25) is 5.02 Å². The molecule has 7 heteroatoms. The fraction of sp³-hybridized carbons (Fsp3) is 0.300. The molecule has 1 aromatic carbocycles. The normalized spacial score (nSPS) is 13.2. The van der Waals surface area contributed by atoms with Crippen LogP contribution in [0, 0.1) is 0 Å². The third kappa shape index (κ3) is 4.52. The lowest BCUT2D eigenvalue weighted by molar-refractivity contribution is -0.200. The van der Waals surface area contributed by atoms with E-state index in [0.717, 1.165) is 0 Å². The average Bonchev–Trinajstić information content (AvgIpc) is 2.18. The number of carbonyl (C=O) groups is 1. The number of benzene rings is 1. The first-order valence-electron chi connectivity index (χ1n) is 4.50. The zero-order valence-corrected chi connectivity index (χ0v) is 9.13. The van der Waals surface area contributed by atoms with Crippen LogP contribution in [-0.2, 0) is 4.79 Å². The molecule has 0 fully saturated rings. The molecule has 0 aliphatic heterocycles. The maximum atomic E-state index is 12.4. The number of hydrogen-bond donors (Lipinski definition) is 1. The molecule has 3 nitrogen and oxygen atoms in total. The lowest BCUT2D eigenvalue weighted by Crippen LogP contribution is -2.36. The largest absolute Gasteiger partial charge is 0.481 e. The summed E-state index contributed by atoms with van der Waals surface area (Å²) in [6, 6.07) is 5.18. The lowest BCUT2D eigenvalue weighted by atomic mass is 10.2. The predicted molar refractivity (Wildman–Crippen MR) is 54.2 cm³/mol. The van der Waals surface area contributed by atoms with Gasteiger partial charge in [0, 0.05) is 5.02 Å². The van der Waals surface area contributed by atoms with Gasteiger partial charge < -0.3 is 9.84 Å². The van der Waals surface area contributed by atoms with Crippen LogP contribution >= 0.6 is 11.6 Å². The van der Waals surface area contributed by atoms with Crippen LogP contribution in [0.4, 0.5) is 13.2 Å². The molecule has 1 atom stereocenters. The van der Waals surface area contributed by atoms with Gasteiger partial charge in [0.25, 0.3) is 0 Å². The molecule has 0 aliphatic rings. The summed E-state index contributed by atoms with van der Waals surface area (Å²) >= 11 is 5.55. The van der Waals surface area contributed by atoms with E-state index in [2.05, 4.69) is 4.74 Å². The molecule has 1 N–H and O–H groups in total. The number of alkyl halides is 3. The van der Waals surface area contributed by atoms with Crippen LogP contribution in [0.1, 0.15) is 6.42 Å². The van der Waals surface area contributed by atoms with Crippen molar-refractivity contribution in [3.8, 4) is 5.75 Å². The third-order valence-electron chi connectivity index (χ3n) is 1.82. The molecule has 0 amide bonds. The Balaban J connectivity index is 2.79. The molecule has 1 unspecified atom stereocenters. The number of ether oxygens (including phenoxy) is 1. The van der Waals surface area contributed by atoms with Crippen molar-refractivity contribution in [2.45, 2.75) is 18.7 Å². The van der Waals surface area contributed by atoms with E-state index in [1.165, 1.54) is 24.3 Å². The fourth-order valence-corrected chi connectivity index (χ4v) is 1.19. The highest BCUT2D eigenvalue weighted by atomic mass is 35.5. The van der Waals surface area contributed by atoms with E-state index >= 15 is 0 Å².